The lowest BCUT2D eigenvalue weighted by atomic mass is 10.0. The first kappa shape index (κ1) is 20.0. The predicted octanol–water partition coefficient (Wildman–Crippen LogP) is 3.27. The van der Waals surface area contributed by atoms with E-state index in [2.05, 4.69) is 47.4 Å². The molecular weight excluding hydrogens is 352 g/mol. The Morgan fingerprint density at radius 2 is 1.96 bits per heavy atom. The average molecular weight is 380 g/mol. The molecule has 6 nitrogen and oxygen atoms in total. The van der Waals surface area contributed by atoms with Gasteiger partial charge in [-0.15, -0.1) is 0 Å². The van der Waals surface area contributed by atoms with E-state index < -0.39 is 0 Å². The summed E-state index contributed by atoms with van der Waals surface area (Å²) in [5.41, 5.74) is 12.1. The largest absolute Gasteiger partial charge is 0.494 e. The van der Waals surface area contributed by atoms with E-state index in [1.165, 1.54) is 5.56 Å². The van der Waals surface area contributed by atoms with E-state index in [1.807, 2.05) is 43.3 Å². The second kappa shape index (κ2) is 9.48. The molecule has 2 unspecified atom stereocenters. The topological polar surface area (TPSA) is 74.8 Å². The summed E-state index contributed by atoms with van der Waals surface area (Å²) in [4.78, 5) is 12.4. The Labute approximate surface area is 166 Å². The normalized spacial score (nSPS) is 19.3. The summed E-state index contributed by atoms with van der Waals surface area (Å²) in [6.07, 6.45) is 2.28. The van der Waals surface area contributed by atoms with Crippen molar-refractivity contribution in [1.29, 1.82) is 0 Å². The quantitative estimate of drug-likeness (QED) is 0.509. The standard InChI is InChI=1S/C22H28N4O2/c1-4-28-21-8-6-5-7-18(21)19-13-20(25-24-19)22(27)26-23-14-16-9-11-17(12-10-16)15(2)3/h5-12,14-15,19-20,24-25H,4,13H2,1-3H3,(H,26,27)/b23-14+. The van der Waals surface area contributed by atoms with E-state index in [-0.39, 0.29) is 18.0 Å². The predicted molar refractivity (Wildman–Crippen MR) is 111 cm³/mol. The van der Waals surface area contributed by atoms with Crippen molar-refractivity contribution in [2.45, 2.75) is 45.2 Å². The lowest BCUT2D eigenvalue weighted by molar-refractivity contribution is -0.122. The van der Waals surface area contributed by atoms with Crippen LogP contribution in [0.2, 0.25) is 0 Å². The summed E-state index contributed by atoms with van der Waals surface area (Å²) in [7, 11) is 0. The maximum Gasteiger partial charge on any atom is 0.258 e. The van der Waals surface area contributed by atoms with Crippen LogP contribution in [0.1, 0.15) is 55.8 Å². The number of nitrogens with zero attached hydrogens (tertiary/aromatic N) is 1. The minimum atomic E-state index is -0.361. The lowest BCUT2D eigenvalue weighted by Gasteiger charge is -2.15. The minimum absolute atomic E-state index is 0.00561. The SMILES string of the molecule is CCOc1ccccc1C1CC(C(=O)N/N=C/c2ccc(C(C)C)cc2)NN1. The number of hydrogen-bond donors (Lipinski definition) is 3. The van der Waals surface area contributed by atoms with Crippen LogP contribution in [-0.4, -0.2) is 24.8 Å². The number of carbonyl (C=O) groups excluding carboxylic acids is 1. The maximum absolute atomic E-state index is 12.4. The van der Waals surface area contributed by atoms with Crippen LogP contribution in [0.15, 0.2) is 53.6 Å². The van der Waals surface area contributed by atoms with Crippen LogP contribution >= 0.6 is 0 Å². The molecule has 0 saturated carbocycles. The monoisotopic (exact) mass is 380 g/mol. The summed E-state index contributed by atoms with van der Waals surface area (Å²) >= 11 is 0. The van der Waals surface area contributed by atoms with Gasteiger partial charge in [-0.2, -0.15) is 5.10 Å². The summed E-state index contributed by atoms with van der Waals surface area (Å²) in [5, 5.41) is 4.09. The molecule has 1 amide bonds. The van der Waals surface area contributed by atoms with Gasteiger partial charge in [0.2, 0.25) is 0 Å². The second-order valence-corrected chi connectivity index (χ2v) is 7.16. The molecule has 28 heavy (non-hydrogen) atoms. The number of ether oxygens (including phenoxy) is 1. The lowest BCUT2D eigenvalue weighted by Crippen LogP contribution is -2.41. The van der Waals surface area contributed by atoms with E-state index in [4.69, 9.17) is 4.74 Å². The van der Waals surface area contributed by atoms with Crippen LogP contribution in [0.5, 0.6) is 5.75 Å². The first-order valence-corrected chi connectivity index (χ1v) is 9.74. The zero-order chi connectivity index (χ0) is 19.9. The number of rotatable bonds is 7. The third-order valence-corrected chi connectivity index (χ3v) is 4.81. The highest BCUT2D eigenvalue weighted by molar-refractivity contribution is 5.85. The first-order valence-electron chi connectivity index (χ1n) is 9.74. The van der Waals surface area contributed by atoms with Crippen molar-refractivity contribution < 1.29 is 9.53 Å². The summed E-state index contributed by atoms with van der Waals surface area (Å²) < 4.78 is 5.69. The van der Waals surface area contributed by atoms with Crippen LogP contribution in [0.3, 0.4) is 0 Å². The van der Waals surface area contributed by atoms with Gasteiger partial charge in [-0.05, 0) is 36.5 Å². The maximum atomic E-state index is 12.4. The van der Waals surface area contributed by atoms with E-state index in [9.17, 15) is 4.79 Å². The molecule has 0 spiro atoms. The summed E-state index contributed by atoms with van der Waals surface area (Å²) in [6.45, 7) is 6.88. The molecule has 2 atom stereocenters. The second-order valence-electron chi connectivity index (χ2n) is 7.16. The molecule has 1 saturated heterocycles. The van der Waals surface area contributed by atoms with Crippen molar-refractivity contribution in [3.8, 4) is 5.75 Å². The number of benzene rings is 2. The van der Waals surface area contributed by atoms with Crippen LogP contribution in [0.25, 0.3) is 0 Å². The van der Waals surface area contributed by atoms with Crippen molar-refractivity contribution in [1.82, 2.24) is 16.3 Å². The zero-order valence-corrected chi connectivity index (χ0v) is 16.6. The van der Waals surface area contributed by atoms with Crippen LogP contribution in [-0.2, 0) is 4.79 Å². The molecule has 0 bridgehead atoms. The third-order valence-electron chi connectivity index (χ3n) is 4.81. The molecule has 0 aliphatic carbocycles. The Morgan fingerprint density at radius 3 is 2.68 bits per heavy atom. The number of carbonyl (C=O) groups is 1. The van der Waals surface area contributed by atoms with Crippen LogP contribution in [0.4, 0.5) is 0 Å². The fraction of sp³-hybridized carbons (Fsp3) is 0.364. The molecule has 6 heteroatoms. The van der Waals surface area contributed by atoms with Gasteiger partial charge >= 0.3 is 0 Å². The Bertz CT molecular complexity index is 818. The molecule has 1 fully saturated rings. The Hall–Kier alpha value is -2.70. The molecular formula is C22H28N4O2. The molecule has 1 aliphatic heterocycles. The van der Waals surface area contributed by atoms with E-state index in [1.54, 1.807) is 6.21 Å². The summed E-state index contributed by atoms with van der Waals surface area (Å²) in [6, 6.07) is 15.7. The van der Waals surface area contributed by atoms with Crippen LogP contribution < -0.4 is 21.0 Å². The van der Waals surface area contributed by atoms with Gasteiger partial charge in [0.05, 0.1) is 18.9 Å². The molecule has 0 aromatic heterocycles. The minimum Gasteiger partial charge on any atom is -0.494 e. The van der Waals surface area contributed by atoms with Gasteiger partial charge in [0.25, 0.3) is 5.91 Å². The van der Waals surface area contributed by atoms with Crippen molar-refractivity contribution in [2.75, 3.05) is 6.61 Å². The van der Waals surface area contributed by atoms with Crippen molar-refractivity contribution >= 4 is 12.1 Å². The van der Waals surface area contributed by atoms with E-state index in [0.717, 1.165) is 16.9 Å². The molecule has 1 aliphatic rings. The van der Waals surface area contributed by atoms with Gasteiger partial charge in [-0.25, -0.2) is 16.3 Å². The Morgan fingerprint density at radius 1 is 1.21 bits per heavy atom. The molecule has 148 valence electrons. The van der Waals surface area contributed by atoms with Crippen molar-refractivity contribution in [3.05, 3.63) is 65.2 Å². The molecule has 3 N–H and O–H groups in total. The van der Waals surface area contributed by atoms with Gasteiger partial charge in [-0.1, -0.05) is 56.3 Å². The van der Waals surface area contributed by atoms with Crippen LogP contribution in [0, 0.1) is 0 Å². The average Bonchev–Trinajstić information content (AvgIpc) is 3.19. The number of hydrazone groups is 1. The van der Waals surface area contributed by atoms with Gasteiger partial charge in [0.15, 0.2) is 0 Å². The number of nitrogens with one attached hydrogen (secondary N) is 3. The fourth-order valence-corrected chi connectivity index (χ4v) is 3.20. The van der Waals surface area contributed by atoms with Crippen molar-refractivity contribution in [3.63, 3.8) is 0 Å². The first-order chi connectivity index (χ1) is 13.6. The molecule has 2 aromatic carbocycles. The highest BCUT2D eigenvalue weighted by Gasteiger charge is 2.31. The number of hydrazine groups is 1. The molecule has 1 heterocycles. The van der Waals surface area contributed by atoms with Crippen molar-refractivity contribution in [2.24, 2.45) is 5.10 Å². The number of amides is 1. The Balaban J connectivity index is 1.55. The molecule has 0 radical (unpaired) electrons. The van der Waals surface area contributed by atoms with Gasteiger partial charge in [0, 0.05) is 5.56 Å². The highest BCUT2D eigenvalue weighted by atomic mass is 16.5. The van der Waals surface area contributed by atoms with E-state index >= 15 is 0 Å². The third kappa shape index (κ3) is 4.97. The summed E-state index contributed by atoms with van der Waals surface area (Å²) in [5.74, 6) is 1.17. The smallest absolute Gasteiger partial charge is 0.258 e. The number of hydrogen-bond acceptors (Lipinski definition) is 5. The van der Waals surface area contributed by atoms with Gasteiger partial charge in [-0.3, -0.25) is 4.79 Å². The van der Waals surface area contributed by atoms with E-state index in [0.29, 0.717) is 18.9 Å². The van der Waals surface area contributed by atoms with Gasteiger partial charge < -0.3 is 4.74 Å². The highest BCUT2D eigenvalue weighted by Crippen LogP contribution is 2.30. The fourth-order valence-electron chi connectivity index (χ4n) is 3.20. The molecule has 3 rings (SSSR count). The zero-order valence-electron chi connectivity index (χ0n) is 16.6. The molecule has 2 aromatic rings. The van der Waals surface area contributed by atoms with Gasteiger partial charge in [0.1, 0.15) is 11.8 Å². The number of para-hydroxylation sites is 1. The Kier molecular flexibility index (Phi) is 6.79.